The molecule has 1 saturated heterocycles. The summed E-state index contributed by atoms with van der Waals surface area (Å²) in [5, 5.41) is 3.30. The number of hydrogen-bond donors (Lipinski definition) is 1. The van der Waals surface area contributed by atoms with Gasteiger partial charge in [-0.15, -0.1) is 0 Å². The second kappa shape index (κ2) is 6.40. The molecule has 3 rings (SSSR count). The molecule has 2 fully saturated rings. The first-order valence-corrected chi connectivity index (χ1v) is 7.84. The maximum atomic E-state index is 12.4. The van der Waals surface area contributed by atoms with Crippen LogP contribution in [0.2, 0.25) is 0 Å². The summed E-state index contributed by atoms with van der Waals surface area (Å²) in [5.41, 5.74) is 0.817. The molecular weight excluding hydrogens is 250 g/mol. The van der Waals surface area contributed by atoms with Gasteiger partial charge in [-0.3, -0.25) is 4.79 Å². The lowest BCUT2D eigenvalue weighted by Crippen LogP contribution is -2.34. The van der Waals surface area contributed by atoms with Crippen LogP contribution in [0.15, 0.2) is 24.3 Å². The van der Waals surface area contributed by atoms with Crippen molar-refractivity contribution in [2.24, 2.45) is 5.92 Å². The summed E-state index contributed by atoms with van der Waals surface area (Å²) < 4.78 is 5.93. The van der Waals surface area contributed by atoms with Crippen LogP contribution in [0.1, 0.15) is 48.9 Å². The molecule has 1 unspecified atom stereocenters. The summed E-state index contributed by atoms with van der Waals surface area (Å²) in [5.74, 6) is 1.31. The lowest BCUT2D eigenvalue weighted by molar-refractivity contribution is 0.0899. The number of rotatable bonds is 4. The predicted molar refractivity (Wildman–Crippen MR) is 79.3 cm³/mol. The minimum Gasteiger partial charge on any atom is -0.490 e. The largest absolute Gasteiger partial charge is 0.490 e. The standard InChI is InChI=1S/C17H23NO2/c19-17(14-4-3-11-18-12-14)13-7-9-16(10-8-13)20-15-5-1-2-6-15/h7-10,14-15,18H,1-6,11-12H2. The lowest BCUT2D eigenvalue weighted by atomic mass is 9.91. The Morgan fingerprint density at radius 2 is 1.80 bits per heavy atom. The molecule has 1 aliphatic heterocycles. The SMILES string of the molecule is O=C(c1ccc(OC2CCCC2)cc1)C1CCCNC1. The van der Waals surface area contributed by atoms with E-state index in [9.17, 15) is 4.79 Å². The maximum Gasteiger partial charge on any atom is 0.167 e. The highest BCUT2D eigenvalue weighted by atomic mass is 16.5. The molecule has 0 spiro atoms. The second-order valence-electron chi connectivity index (χ2n) is 5.96. The normalized spacial score (nSPS) is 23.7. The van der Waals surface area contributed by atoms with E-state index in [0.29, 0.717) is 6.10 Å². The Balaban J connectivity index is 1.61. The molecule has 0 radical (unpaired) electrons. The van der Waals surface area contributed by atoms with Crippen molar-refractivity contribution < 1.29 is 9.53 Å². The van der Waals surface area contributed by atoms with Crippen molar-refractivity contribution in [3.05, 3.63) is 29.8 Å². The smallest absolute Gasteiger partial charge is 0.167 e. The average Bonchev–Trinajstić information content (AvgIpc) is 3.01. The van der Waals surface area contributed by atoms with Crippen LogP contribution in [0.25, 0.3) is 0 Å². The third kappa shape index (κ3) is 3.21. The van der Waals surface area contributed by atoms with Crippen LogP contribution in [-0.4, -0.2) is 25.0 Å². The van der Waals surface area contributed by atoms with Crippen molar-refractivity contribution in [3.8, 4) is 5.75 Å². The van der Waals surface area contributed by atoms with Crippen molar-refractivity contribution >= 4 is 5.78 Å². The van der Waals surface area contributed by atoms with Gasteiger partial charge in [0, 0.05) is 18.0 Å². The highest BCUT2D eigenvalue weighted by Gasteiger charge is 2.22. The van der Waals surface area contributed by atoms with Gasteiger partial charge < -0.3 is 10.1 Å². The molecular formula is C17H23NO2. The number of ether oxygens (including phenoxy) is 1. The predicted octanol–water partition coefficient (Wildman–Crippen LogP) is 3.19. The van der Waals surface area contributed by atoms with Gasteiger partial charge in [-0.1, -0.05) is 0 Å². The molecule has 1 aromatic rings. The summed E-state index contributed by atoms with van der Waals surface area (Å²) in [4.78, 5) is 12.4. The van der Waals surface area contributed by atoms with Crippen molar-refractivity contribution in [1.29, 1.82) is 0 Å². The molecule has 20 heavy (non-hydrogen) atoms. The summed E-state index contributed by atoms with van der Waals surface area (Å²) in [6.45, 7) is 1.86. The Labute approximate surface area is 120 Å². The van der Waals surface area contributed by atoms with E-state index in [4.69, 9.17) is 4.74 Å². The van der Waals surface area contributed by atoms with Crippen LogP contribution in [0.3, 0.4) is 0 Å². The third-order valence-electron chi connectivity index (χ3n) is 4.41. The van der Waals surface area contributed by atoms with E-state index in [2.05, 4.69) is 5.32 Å². The van der Waals surface area contributed by atoms with Gasteiger partial charge in [0.05, 0.1) is 6.10 Å². The molecule has 1 aromatic carbocycles. The first-order chi connectivity index (χ1) is 9.83. The minimum atomic E-state index is 0.144. The molecule has 2 aliphatic rings. The molecule has 1 saturated carbocycles. The number of nitrogens with one attached hydrogen (secondary N) is 1. The van der Waals surface area contributed by atoms with Crippen molar-refractivity contribution in [1.82, 2.24) is 5.32 Å². The number of carbonyl (C=O) groups is 1. The monoisotopic (exact) mass is 273 g/mol. The van der Waals surface area contributed by atoms with Gasteiger partial charge >= 0.3 is 0 Å². The first-order valence-electron chi connectivity index (χ1n) is 7.84. The first kappa shape index (κ1) is 13.6. The van der Waals surface area contributed by atoms with Gasteiger partial charge in [-0.2, -0.15) is 0 Å². The van der Waals surface area contributed by atoms with Crippen molar-refractivity contribution in [2.45, 2.75) is 44.6 Å². The molecule has 0 bridgehead atoms. The average molecular weight is 273 g/mol. The van der Waals surface area contributed by atoms with Crippen LogP contribution in [0.5, 0.6) is 5.75 Å². The molecule has 1 N–H and O–H groups in total. The molecule has 108 valence electrons. The zero-order valence-corrected chi connectivity index (χ0v) is 11.9. The summed E-state index contributed by atoms with van der Waals surface area (Å²) in [7, 11) is 0. The Morgan fingerprint density at radius 3 is 2.45 bits per heavy atom. The molecule has 1 heterocycles. The summed E-state index contributed by atoms with van der Waals surface area (Å²) in [6.07, 6.45) is 7.35. The van der Waals surface area contributed by atoms with Crippen molar-refractivity contribution in [3.63, 3.8) is 0 Å². The van der Waals surface area contributed by atoms with Gasteiger partial charge in [-0.05, 0) is 69.3 Å². The van der Waals surface area contributed by atoms with E-state index >= 15 is 0 Å². The number of carbonyl (C=O) groups excluding carboxylic acids is 1. The van der Waals surface area contributed by atoms with E-state index in [0.717, 1.165) is 50.1 Å². The Bertz CT molecular complexity index is 443. The Morgan fingerprint density at radius 1 is 1.05 bits per heavy atom. The van der Waals surface area contributed by atoms with E-state index in [-0.39, 0.29) is 11.7 Å². The topological polar surface area (TPSA) is 38.3 Å². The fourth-order valence-electron chi connectivity index (χ4n) is 3.21. The quantitative estimate of drug-likeness (QED) is 0.856. The summed E-state index contributed by atoms with van der Waals surface area (Å²) >= 11 is 0. The Hall–Kier alpha value is -1.35. The van der Waals surface area contributed by atoms with Crippen LogP contribution < -0.4 is 10.1 Å². The highest BCUT2D eigenvalue weighted by Crippen LogP contribution is 2.25. The van der Waals surface area contributed by atoms with Gasteiger partial charge in [-0.25, -0.2) is 0 Å². The number of piperidine rings is 1. The number of ketones is 1. The third-order valence-corrected chi connectivity index (χ3v) is 4.41. The molecule has 0 amide bonds. The molecule has 0 aromatic heterocycles. The highest BCUT2D eigenvalue weighted by molar-refractivity contribution is 5.98. The second-order valence-corrected chi connectivity index (χ2v) is 5.96. The lowest BCUT2D eigenvalue weighted by Gasteiger charge is -2.21. The van der Waals surface area contributed by atoms with Crippen LogP contribution in [0.4, 0.5) is 0 Å². The van der Waals surface area contributed by atoms with E-state index in [1.165, 1.54) is 12.8 Å². The van der Waals surface area contributed by atoms with Crippen molar-refractivity contribution in [2.75, 3.05) is 13.1 Å². The van der Waals surface area contributed by atoms with Gasteiger partial charge in [0.15, 0.2) is 5.78 Å². The summed E-state index contributed by atoms with van der Waals surface area (Å²) in [6, 6.07) is 7.73. The van der Waals surface area contributed by atoms with Gasteiger partial charge in [0.2, 0.25) is 0 Å². The molecule has 1 aliphatic carbocycles. The van der Waals surface area contributed by atoms with Gasteiger partial charge in [0.1, 0.15) is 5.75 Å². The fraction of sp³-hybridized carbons (Fsp3) is 0.588. The number of Topliss-reactive ketones (excluding diaryl/α,β-unsaturated/α-hetero) is 1. The number of benzene rings is 1. The molecule has 3 nitrogen and oxygen atoms in total. The van der Waals surface area contributed by atoms with Crippen LogP contribution in [-0.2, 0) is 0 Å². The number of hydrogen-bond acceptors (Lipinski definition) is 3. The van der Waals surface area contributed by atoms with Gasteiger partial charge in [0.25, 0.3) is 0 Å². The fourth-order valence-corrected chi connectivity index (χ4v) is 3.21. The molecule has 3 heteroatoms. The van der Waals surface area contributed by atoms with Crippen LogP contribution >= 0.6 is 0 Å². The zero-order valence-electron chi connectivity index (χ0n) is 11.9. The minimum absolute atomic E-state index is 0.144. The van der Waals surface area contributed by atoms with Crippen LogP contribution in [0, 0.1) is 5.92 Å². The Kier molecular flexibility index (Phi) is 4.36. The van der Waals surface area contributed by atoms with E-state index < -0.39 is 0 Å². The van der Waals surface area contributed by atoms with E-state index in [1.807, 2.05) is 24.3 Å². The van der Waals surface area contributed by atoms with E-state index in [1.54, 1.807) is 0 Å². The zero-order chi connectivity index (χ0) is 13.8. The molecule has 1 atom stereocenters. The maximum absolute atomic E-state index is 12.4.